The second kappa shape index (κ2) is 5.09. The van der Waals surface area contributed by atoms with Crippen molar-refractivity contribution in [3.05, 3.63) is 29.3 Å². The van der Waals surface area contributed by atoms with Crippen molar-refractivity contribution in [2.24, 2.45) is 0 Å². The Morgan fingerprint density at radius 3 is 2.90 bits per heavy atom. The monoisotopic (exact) mass is 294 g/mol. The minimum absolute atomic E-state index is 0.0585. The molecule has 0 bridgehead atoms. The molecule has 1 saturated heterocycles. The quantitative estimate of drug-likeness (QED) is 0.836. The largest absolute Gasteiger partial charge is 0.384 e. The summed E-state index contributed by atoms with van der Waals surface area (Å²) in [6.07, 6.45) is 1.46. The zero-order chi connectivity index (χ0) is 14.2. The Hall–Kier alpha value is -1.56. The van der Waals surface area contributed by atoms with E-state index in [-0.39, 0.29) is 17.4 Å². The highest BCUT2D eigenvalue weighted by molar-refractivity contribution is 7.91. The molecule has 0 saturated carbocycles. The minimum atomic E-state index is -2.98. The Labute approximate surface area is 118 Å². The van der Waals surface area contributed by atoms with E-state index >= 15 is 0 Å². The Morgan fingerprint density at radius 2 is 2.05 bits per heavy atom. The van der Waals surface area contributed by atoms with Gasteiger partial charge in [0.2, 0.25) is 0 Å². The van der Waals surface area contributed by atoms with Gasteiger partial charge in [0.05, 0.1) is 11.5 Å². The third kappa shape index (κ3) is 2.65. The number of sulfone groups is 1. The van der Waals surface area contributed by atoms with Gasteiger partial charge in [-0.2, -0.15) is 0 Å². The minimum Gasteiger partial charge on any atom is -0.384 e. The van der Waals surface area contributed by atoms with Crippen LogP contribution in [0.3, 0.4) is 0 Å². The van der Waals surface area contributed by atoms with Gasteiger partial charge in [0, 0.05) is 30.9 Å². The number of hydrogen-bond donors (Lipinski definition) is 1. The maximum absolute atomic E-state index is 12.5. The maximum atomic E-state index is 12.5. The lowest BCUT2D eigenvalue weighted by atomic mass is 10.1. The van der Waals surface area contributed by atoms with Crippen molar-refractivity contribution >= 4 is 21.4 Å². The van der Waals surface area contributed by atoms with Gasteiger partial charge in [-0.05, 0) is 36.6 Å². The zero-order valence-electron chi connectivity index (χ0n) is 11.3. The number of carbonyl (C=O) groups excluding carboxylic acids is 1. The summed E-state index contributed by atoms with van der Waals surface area (Å²) in [7, 11) is -2.98. The van der Waals surface area contributed by atoms with Crippen molar-refractivity contribution in [2.75, 3.05) is 36.5 Å². The number of nitrogens with one attached hydrogen (secondary N) is 1. The molecule has 0 spiro atoms. The number of nitrogens with zero attached hydrogens (tertiary/aromatic N) is 1. The van der Waals surface area contributed by atoms with Crippen LogP contribution in [-0.2, 0) is 16.3 Å². The summed E-state index contributed by atoms with van der Waals surface area (Å²) in [5, 5.41) is 3.26. The molecular formula is C14H18N2O3S. The molecule has 2 aliphatic heterocycles. The van der Waals surface area contributed by atoms with E-state index in [1.165, 1.54) is 5.56 Å². The lowest BCUT2D eigenvalue weighted by molar-refractivity contribution is 0.0768. The van der Waals surface area contributed by atoms with Crippen LogP contribution >= 0.6 is 0 Å². The first-order chi connectivity index (χ1) is 9.55. The van der Waals surface area contributed by atoms with Gasteiger partial charge >= 0.3 is 0 Å². The molecule has 0 unspecified atom stereocenters. The molecule has 1 fully saturated rings. The Kier molecular flexibility index (Phi) is 3.41. The molecule has 6 heteroatoms. The molecule has 5 nitrogen and oxygen atoms in total. The average molecular weight is 294 g/mol. The smallest absolute Gasteiger partial charge is 0.253 e. The number of rotatable bonds is 1. The zero-order valence-corrected chi connectivity index (χ0v) is 12.1. The number of hydrogen-bond acceptors (Lipinski definition) is 4. The topological polar surface area (TPSA) is 66.5 Å². The van der Waals surface area contributed by atoms with E-state index in [1.54, 1.807) is 4.90 Å². The van der Waals surface area contributed by atoms with Gasteiger partial charge in [0.1, 0.15) is 0 Å². The van der Waals surface area contributed by atoms with E-state index in [1.807, 2.05) is 18.2 Å². The van der Waals surface area contributed by atoms with Gasteiger partial charge in [0.15, 0.2) is 9.84 Å². The van der Waals surface area contributed by atoms with Crippen LogP contribution < -0.4 is 5.32 Å². The van der Waals surface area contributed by atoms with Crippen LogP contribution in [0.25, 0.3) is 0 Å². The predicted octanol–water partition coefficient (Wildman–Crippen LogP) is 0.915. The molecule has 20 heavy (non-hydrogen) atoms. The van der Waals surface area contributed by atoms with Gasteiger partial charge in [-0.25, -0.2) is 8.42 Å². The molecule has 2 heterocycles. The maximum Gasteiger partial charge on any atom is 0.253 e. The van der Waals surface area contributed by atoms with Crippen LogP contribution in [0.1, 0.15) is 22.3 Å². The molecule has 1 aromatic rings. The predicted molar refractivity (Wildman–Crippen MR) is 77.8 cm³/mol. The van der Waals surface area contributed by atoms with E-state index in [2.05, 4.69) is 5.32 Å². The second-order valence-corrected chi connectivity index (χ2v) is 7.65. The van der Waals surface area contributed by atoms with Crippen molar-refractivity contribution in [3.63, 3.8) is 0 Å². The molecule has 108 valence electrons. The molecule has 0 atom stereocenters. The van der Waals surface area contributed by atoms with E-state index < -0.39 is 9.84 Å². The van der Waals surface area contributed by atoms with E-state index in [0.29, 0.717) is 25.1 Å². The summed E-state index contributed by atoms with van der Waals surface area (Å²) in [6.45, 7) is 1.73. The average Bonchev–Trinajstić information content (AvgIpc) is 2.81. The Morgan fingerprint density at radius 1 is 1.20 bits per heavy atom. The number of amides is 1. The standard InChI is InChI=1S/C14H18N2O3S/c17-14(16-6-1-8-20(18,19)9-7-16)12-2-3-13-11(10-12)4-5-15-13/h2-3,10,15H,1,4-9H2. The highest BCUT2D eigenvalue weighted by Gasteiger charge is 2.24. The van der Waals surface area contributed by atoms with Gasteiger partial charge in [-0.15, -0.1) is 0 Å². The molecule has 0 aliphatic carbocycles. The van der Waals surface area contributed by atoms with Crippen LogP contribution in [-0.4, -0.2) is 50.4 Å². The Bertz CT molecular complexity index is 640. The van der Waals surface area contributed by atoms with Crippen molar-refractivity contribution < 1.29 is 13.2 Å². The number of carbonyl (C=O) groups is 1. The van der Waals surface area contributed by atoms with Gasteiger partial charge in [0.25, 0.3) is 5.91 Å². The van der Waals surface area contributed by atoms with Crippen LogP contribution in [0, 0.1) is 0 Å². The van der Waals surface area contributed by atoms with Gasteiger partial charge in [-0.1, -0.05) is 0 Å². The summed E-state index contributed by atoms with van der Waals surface area (Å²) >= 11 is 0. The fourth-order valence-corrected chi connectivity index (χ4v) is 4.03. The van der Waals surface area contributed by atoms with Crippen LogP contribution in [0.2, 0.25) is 0 Å². The fraction of sp³-hybridized carbons (Fsp3) is 0.500. The van der Waals surface area contributed by atoms with Crippen molar-refractivity contribution in [1.29, 1.82) is 0 Å². The molecule has 1 N–H and O–H groups in total. The molecule has 1 amide bonds. The summed E-state index contributed by atoms with van der Waals surface area (Å²) in [6, 6.07) is 5.68. The van der Waals surface area contributed by atoms with E-state index in [0.717, 1.165) is 18.7 Å². The highest BCUT2D eigenvalue weighted by atomic mass is 32.2. The molecule has 2 aliphatic rings. The SMILES string of the molecule is O=C(c1ccc2c(c1)CCN2)N1CCCS(=O)(=O)CC1. The van der Waals surface area contributed by atoms with Crippen LogP contribution in [0.15, 0.2) is 18.2 Å². The van der Waals surface area contributed by atoms with Crippen LogP contribution in [0.5, 0.6) is 0 Å². The highest BCUT2D eigenvalue weighted by Crippen LogP contribution is 2.23. The number of fused-ring (bicyclic) bond motifs is 1. The summed E-state index contributed by atoms with van der Waals surface area (Å²) in [5.41, 5.74) is 2.92. The van der Waals surface area contributed by atoms with Gasteiger partial charge in [-0.3, -0.25) is 4.79 Å². The summed E-state index contributed by atoms with van der Waals surface area (Å²) in [5.74, 6) is 0.202. The van der Waals surface area contributed by atoms with Crippen molar-refractivity contribution in [1.82, 2.24) is 4.90 Å². The molecule has 0 radical (unpaired) electrons. The first-order valence-corrected chi connectivity index (χ1v) is 8.74. The van der Waals surface area contributed by atoms with Crippen LogP contribution in [0.4, 0.5) is 5.69 Å². The summed E-state index contributed by atoms with van der Waals surface area (Å²) < 4.78 is 23.2. The normalized spacial score (nSPS) is 20.9. The third-order valence-electron chi connectivity index (χ3n) is 3.90. The Balaban J connectivity index is 1.78. The molecule has 3 rings (SSSR count). The second-order valence-electron chi connectivity index (χ2n) is 5.35. The third-order valence-corrected chi connectivity index (χ3v) is 5.62. The molecule has 1 aromatic carbocycles. The lowest BCUT2D eigenvalue weighted by Gasteiger charge is -2.20. The summed E-state index contributed by atoms with van der Waals surface area (Å²) in [4.78, 5) is 14.1. The van der Waals surface area contributed by atoms with E-state index in [4.69, 9.17) is 0 Å². The van der Waals surface area contributed by atoms with E-state index in [9.17, 15) is 13.2 Å². The van der Waals surface area contributed by atoms with Crippen molar-refractivity contribution in [3.8, 4) is 0 Å². The molecular weight excluding hydrogens is 276 g/mol. The fourth-order valence-electron chi connectivity index (χ4n) is 2.76. The number of anilines is 1. The molecule has 0 aromatic heterocycles. The first kappa shape index (κ1) is 13.4. The first-order valence-electron chi connectivity index (χ1n) is 6.92. The number of benzene rings is 1. The lowest BCUT2D eigenvalue weighted by Crippen LogP contribution is -2.33. The van der Waals surface area contributed by atoms with Gasteiger partial charge < -0.3 is 10.2 Å². The van der Waals surface area contributed by atoms with Crippen molar-refractivity contribution in [2.45, 2.75) is 12.8 Å².